The molecule has 4 aromatic heterocycles. The zero-order valence-corrected chi connectivity index (χ0v) is 31.8. The first kappa shape index (κ1) is 32.8. The molecule has 0 aliphatic heterocycles. The molecule has 1 saturated carbocycles. The molecule has 6 nitrogen and oxygen atoms in total. The van der Waals surface area contributed by atoms with E-state index in [0.29, 0.717) is 23.5 Å². The number of fused-ring (bicyclic) bond motifs is 8. The van der Waals surface area contributed by atoms with E-state index in [1.807, 2.05) is 42.5 Å². The Morgan fingerprint density at radius 3 is 1.95 bits per heavy atom. The van der Waals surface area contributed by atoms with Gasteiger partial charge in [0.05, 0.1) is 27.8 Å². The quantitative estimate of drug-likeness (QED) is 0.119. The lowest BCUT2D eigenvalue weighted by Gasteiger charge is -2.15. The normalized spacial score (nSPS) is 15.2. The van der Waals surface area contributed by atoms with Crippen LogP contribution in [0.1, 0.15) is 23.5 Å². The van der Waals surface area contributed by atoms with Crippen molar-refractivity contribution in [3.8, 4) is 45.3 Å². The fourth-order valence-electron chi connectivity index (χ4n) is 8.47. The molecule has 0 bridgehead atoms. The van der Waals surface area contributed by atoms with Crippen LogP contribution in [0.2, 0.25) is 0 Å². The molecule has 7 heteroatoms. The Morgan fingerprint density at radius 1 is 0.554 bits per heavy atom. The maximum atomic E-state index is 5.42. The molecule has 6 aromatic carbocycles. The molecule has 1 aliphatic rings. The maximum Gasteiger partial charge on any atom is 0.162 e. The molecule has 0 spiro atoms. The molecule has 266 valence electrons. The van der Waals surface area contributed by atoms with Crippen molar-refractivity contribution in [2.45, 2.75) is 18.8 Å². The molecule has 2 atom stereocenters. The number of para-hydroxylation sites is 1. The van der Waals surface area contributed by atoms with Crippen LogP contribution in [0.5, 0.6) is 0 Å². The van der Waals surface area contributed by atoms with E-state index < -0.39 is 0 Å². The number of rotatable bonds is 7. The van der Waals surface area contributed by atoms with E-state index in [1.165, 1.54) is 11.1 Å². The molecule has 10 aromatic rings. The van der Waals surface area contributed by atoms with Gasteiger partial charge in [-0.3, -0.25) is 4.40 Å². The SMILES string of the molecule is Brc1cc(-c2ccccc2CC2C[C@H]2c2cccc3nc4c5ccccc5c5c(-c6ccccc6)nc(-c6ccccc6)nc5n4c23)nc(-c2ccccc2)n1. The summed E-state index contributed by atoms with van der Waals surface area (Å²) in [4.78, 5) is 25.8. The van der Waals surface area contributed by atoms with Crippen molar-refractivity contribution in [2.24, 2.45) is 5.92 Å². The van der Waals surface area contributed by atoms with Crippen LogP contribution in [0.25, 0.3) is 83.8 Å². The van der Waals surface area contributed by atoms with E-state index in [1.54, 1.807) is 0 Å². The van der Waals surface area contributed by atoms with Crippen LogP contribution >= 0.6 is 15.9 Å². The van der Waals surface area contributed by atoms with Gasteiger partial charge in [0.15, 0.2) is 17.3 Å². The van der Waals surface area contributed by atoms with Crippen molar-refractivity contribution < 1.29 is 0 Å². The summed E-state index contributed by atoms with van der Waals surface area (Å²) < 4.78 is 3.10. The average Bonchev–Trinajstić information content (AvgIpc) is 3.91. The zero-order valence-electron chi connectivity index (χ0n) is 30.2. The third kappa shape index (κ3) is 5.57. The van der Waals surface area contributed by atoms with Crippen molar-refractivity contribution >= 4 is 54.4 Å². The van der Waals surface area contributed by atoms with E-state index in [4.69, 9.17) is 24.9 Å². The lowest BCUT2D eigenvalue weighted by Crippen LogP contribution is -2.02. The first-order chi connectivity index (χ1) is 27.7. The van der Waals surface area contributed by atoms with Gasteiger partial charge in [-0.25, -0.2) is 24.9 Å². The van der Waals surface area contributed by atoms with E-state index in [2.05, 4.69) is 142 Å². The lowest BCUT2D eigenvalue weighted by molar-refractivity contribution is 0.797. The number of hydrogen-bond donors (Lipinski definition) is 0. The first-order valence-electron chi connectivity index (χ1n) is 19.0. The molecule has 0 saturated heterocycles. The number of pyridine rings is 1. The first-order valence-corrected chi connectivity index (χ1v) is 19.8. The molecule has 0 radical (unpaired) electrons. The summed E-state index contributed by atoms with van der Waals surface area (Å²) in [5.41, 5.74) is 12.5. The van der Waals surface area contributed by atoms with Gasteiger partial charge in [0.1, 0.15) is 10.3 Å². The van der Waals surface area contributed by atoms with Gasteiger partial charge in [0.2, 0.25) is 0 Å². The van der Waals surface area contributed by atoms with Gasteiger partial charge in [-0.2, -0.15) is 0 Å². The molecule has 0 amide bonds. The molecule has 4 heterocycles. The van der Waals surface area contributed by atoms with Crippen LogP contribution in [0.4, 0.5) is 0 Å². The molecule has 56 heavy (non-hydrogen) atoms. The number of aromatic nitrogens is 6. The summed E-state index contributed by atoms with van der Waals surface area (Å²) in [6.07, 6.45) is 2.03. The highest BCUT2D eigenvalue weighted by molar-refractivity contribution is 9.10. The Hall–Kier alpha value is -6.57. The van der Waals surface area contributed by atoms with Gasteiger partial charge in [-0.15, -0.1) is 0 Å². The minimum atomic E-state index is 0.370. The predicted molar refractivity (Wildman–Crippen MR) is 229 cm³/mol. The third-order valence-electron chi connectivity index (χ3n) is 11.2. The number of nitrogens with zero attached hydrogens (tertiary/aromatic N) is 6. The van der Waals surface area contributed by atoms with Crippen LogP contribution in [0, 0.1) is 5.92 Å². The number of benzene rings is 6. The summed E-state index contributed by atoms with van der Waals surface area (Å²) >= 11 is 3.67. The molecule has 11 rings (SSSR count). The van der Waals surface area contributed by atoms with Crippen LogP contribution in [0.15, 0.2) is 168 Å². The van der Waals surface area contributed by atoms with E-state index in [9.17, 15) is 0 Å². The largest absolute Gasteiger partial charge is 0.275 e. The van der Waals surface area contributed by atoms with E-state index >= 15 is 0 Å². The minimum absolute atomic E-state index is 0.370. The van der Waals surface area contributed by atoms with Crippen molar-refractivity contribution in [2.75, 3.05) is 0 Å². The highest BCUT2D eigenvalue weighted by Crippen LogP contribution is 2.52. The topological polar surface area (TPSA) is 68.9 Å². The van der Waals surface area contributed by atoms with Gasteiger partial charge in [-0.1, -0.05) is 152 Å². The van der Waals surface area contributed by atoms with Gasteiger partial charge >= 0.3 is 0 Å². The Balaban J connectivity index is 1.07. The second-order valence-electron chi connectivity index (χ2n) is 14.6. The number of hydrogen-bond acceptors (Lipinski definition) is 5. The van der Waals surface area contributed by atoms with Gasteiger partial charge in [-0.05, 0) is 69.3 Å². The monoisotopic (exact) mass is 784 g/mol. The van der Waals surface area contributed by atoms with Gasteiger partial charge in [0.25, 0.3) is 0 Å². The summed E-state index contributed by atoms with van der Waals surface area (Å²) in [6.45, 7) is 0. The Kier molecular flexibility index (Phi) is 7.81. The second-order valence-corrected chi connectivity index (χ2v) is 15.4. The summed E-state index contributed by atoms with van der Waals surface area (Å²) in [6, 6.07) is 56.8. The lowest BCUT2D eigenvalue weighted by atomic mass is 9.97. The molecule has 1 aliphatic carbocycles. The van der Waals surface area contributed by atoms with Gasteiger partial charge in [0, 0.05) is 27.6 Å². The summed E-state index contributed by atoms with van der Waals surface area (Å²) in [5.74, 6) is 2.24. The molecular weight excluding hydrogens is 752 g/mol. The summed E-state index contributed by atoms with van der Waals surface area (Å²) in [7, 11) is 0. The van der Waals surface area contributed by atoms with Crippen LogP contribution < -0.4 is 0 Å². The standard InChI is InChI=1S/C49H33BrN6/c50-42-29-41(51-46(53-42)31-17-6-2-7-18-31)35-22-11-10-21-33(35)27-34-28-39(34)37-25-14-26-40-45(37)56-48(52-40)38-24-13-12-23-36(38)43-44(30-15-4-1-5-16-30)54-47(55-49(43)56)32-19-8-3-9-20-32/h1-26,29,34,39H,27-28H2/t34?,39-/m1/s1. The van der Waals surface area contributed by atoms with E-state index in [0.717, 1.165) is 89.6 Å². The van der Waals surface area contributed by atoms with Gasteiger partial charge < -0.3 is 0 Å². The fraction of sp³-hybridized carbons (Fsp3) is 0.0816. The van der Waals surface area contributed by atoms with Crippen molar-refractivity contribution in [1.29, 1.82) is 0 Å². The maximum absolute atomic E-state index is 5.42. The zero-order chi connectivity index (χ0) is 37.2. The number of imidazole rings is 1. The molecular formula is C49H33BrN6. The molecule has 0 N–H and O–H groups in total. The minimum Gasteiger partial charge on any atom is -0.275 e. The van der Waals surface area contributed by atoms with Crippen molar-refractivity contribution in [1.82, 2.24) is 29.3 Å². The highest BCUT2D eigenvalue weighted by Gasteiger charge is 2.40. The molecule has 1 unspecified atom stereocenters. The Labute approximate surface area is 331 Å². The summed E-state index contributed by atoms with van der Waals surface area (Å²) in [5, 5.41) is 3.21. The molecule has 1 fully saturated rings. The van der Waals surface area contributed by atoms with Crippen molar-refractivity contribution in [3.63, 3.8) is 0 Å². The van der Waals surface area contributed by atoms with Crippen LogP contribution in [-0.4, -0.2) is 29.3 Å². The van der Waals surface area contributed by atoms with E-state index in [-0.39, 0.29) is 0 Å². The fourth-order valence-corrected chi connectivity index (χ4v) is 8.86. The van der Waals surface area contributed by atoms with Crippen molar-refractivity contribution in [3.05, 3.63) is 180 Å². The number of halogens is 1. The Morgan fingerprint density at radius 2 is 1.20 bits per heavy atom. The predicted octanol–water partition coefficient (Wildman–Crippen LogP) is 12.2. The average molecular weight is 786 g/mol. The third-order valence-corrected chi connectivity index (χ3v) is 11.6. The highest BCUT2D eigenvalue weighted by atomic mass is 79.9. The smallest absolute Gasteiger partial charge is 0.162 e. The Bertz CT molecular complexity index is 3110. The van der Waals surface area contributed by atoms with Crippen LogP contribution in [0.3, 0.4) is 0 Å². The van der Waals surface area contributed by atoms with Crippen LogP contribution in [-0.2, 0) is 6.42 Å². The second kappa shape index (κ2) is 13.3.